The van der Waals surface area contributed by atoms with Crippen LogP contribution in [0.4, 0.5) is 0 Å². The van der Waals surface area contributed by atoms with Crippen LogP contribution in [0.25, 0.3) is 0 Å². The Kier molecular flexibility index (Phi) is 4.13. The number of aliphatic hydroxyl groups excluding tert-OH is 1. The van der Waals surface area contributed by atoms with Crippen molar-refractivity contribution in [2.24, 2.45) is 5.92 Å². The van der Waals surface area contributed by atoms with E-state index in [9.17, 15) is 14.7 Å². The SMILES string of the molecule is CCC(C)(CO)NC(=O)C1CCCN1C(=O)C1CC1. The second-order valence-corrected chi connectivity index (χ2v) is 6.03. The lowest BCUT2D eigenvalue weighted by atomic mass is 9.99. The maximum absolute atomic E-state index is 12.3. The van der Waals surface area contributed by atoms with Crippen molar-refractivity contribution in [2.75, 3.05) is 13.2 Å². The molecule has 5 nitrogen and oxygen atoms in total. The van der Waals surface area contributed by atoms with Gasteiger partial charge in [-0.1, -0.05) is 6.92 Å². The topological polar surface area (TPSA) is 69.6 Å². The fourth-order valence-electron chi connectivity index (χ4n) is 2.49. The summed E-state index contributed by atoms with van der Waals surface area (Å²) < 4.78 is 0. The quantitative estimate of drug-likeness (QED) is 0.770. The minimum Gasteiger partial charge on any atom is -0.394 e. The number of likely N-dealkylation sites (tertiary alicyclic amines) is 1. The van der Waals surface area contributed by atoms with Crippen LogP contribution in [0.2, 0.25) is 0 Å². The van der Waals surface area contributed by atoms with Crippen molar-refractivity contribution in [1.82, 2.24) is 10.2 Å². The van der Waals surface area contributed by atoms with Crippen LogP contribution in [0, 0.1) is 5.92 Å². The van der Waals surface area contributed by atoms with Gasteiger partial charge in [-0.15, -0.1) is 0 Å². The van der Waals surface area contributed by atoms with Gasteiger partial charge in [0.25, 0.3) is 0 Å². The van der Waals surface area contributed by atoms with E-state index in [1.807, 2.05) is 13.8 Å². The molecule has 0 spiro atoms. The zero-order valence-corrected chi connectivity index (χ0v) is 11.8. The van der Waals surface area contributed by atoms with Crippen molar-refractivity contribution >= 4 is 11.8 Å². The fourth-order valence-corrected chi connectivity index (χ4v) is 2.49. The van der Waals surface area contributed by atoms with E-state index >= 15 is 0 Å². The largest absolute Gasteiger partial charge is 0.394 e. The molecule has 0 bridgehead atoms. The molecule has 2 rings (SSSR count). The van der Waals surface area contributed by atoms with E-state index in [1.54, 1.807) is 4.90 Å². The summed E-state index contributed by atoms with van der Waals surface area (Å²) in [4.78, 5) is 26.2. The van der Waals surface area contributed by atoms with E-state index in [-0.39, 0.29) is 30.4 Å². The second-order valence-electron chi connectivity index (χ2n) is 6.03. The molecule has 0 aromatic carbocycles. The Bertz CT molecular complexity index is 362. The first-order valence-corrected chi connectivity index (χ1v) is 7.24. The van der Waals surface area contributed by atoms with Gasteiger partial charge in [0.2, 0.25) is 11.8 Å². The zero-order valence-electron chi connectivity index (χ0n) is 11.8. The molecule has 2 N–H and O–H groups in total. The summed E-state index contributed by atoms with van der Waals surface area (Å²) in [7, 11) is 0. The Balaban J connectivity index is 1.99. The molecule has 108 valence electrons. The third-order valence-electron chi connectivity index (χ3n) is 4.32. The molecule has 2 aliphatic rings. The van der Waals surface area contributed by atoms with E-state index in [4.69, 9.17) is 0 Å². The molecule has 5 heteroatoms. The van der Waals surface area contributed by atoms with E-state index in [0.717, 1.165) is 25.7 Å². The normalized spacial score (nSPS) is 26.1. The first-order valence-electron chi connectivity index (χ1n) is 7.24. The van der Waals surface area contributed by atoms with Gasteiger partial charge in [-0.25, -0.2) is 0 Å². The molecule has 2 fully saturated rings. The lowest BCUT2D eigenvalue weighted by Gasteiger charge is -2.31. The monoisotopic (exact) mass is 268 g/mol. The molecule has 1 aliphatic carbocycles. The maximum atomic E-state index is 12.3. The molecule has 2 unspecified atom stereocenters. The molecule has 1 heterocycles. The smallest absolute Gasteiger partial charge is 0.243 e. The van der Waals surface area contributed by atoms with Gasteiger partial charge in [0.1, 0.15) is 6.04 Å². The van der Waals surface area contributed by atoms with Crippen molar-refractivity contribution in [1.29, 1.82) is 0 Å². The highest BCUT2D eigenvalue weighted by molar-refractivity contribution is 5.90. The third-order valence-corrected chi connectivity index (χ3v) is 4.32. The third kappa shape index (κ3) is 3.08. The van der Waals surface area contributed by atoms with Gasteiger partial charge in [0.05, 0.1) is 12.1 Å². The number of carbonyl (C=O) groups excluding carboxylic acids is 2. The molecule has 19 heavy (non-hydrogen) atoms. The minimum absolute atomic E-state index is 0.0848. The highest BCUT2D eigenvalue weighted by Gasteiger charge is 2.41. The van der Waals surface area contributed by atoms with Gasteiger partial charge in [-0.3, -0.25) is 9.59 Å². The first-order chi connectivity index (χ1) is 9.00. The molecule has 2 atom stereocenters. The summed E-state index contributed by atoms with van der Waals surface area (Å²) in [5.41, 5.74) is -0.589. The molecule has 0 aromatic heterocycles. The Morgan fingerprint density at radius 3 is 2.58 bits per heavy atom. The van der Waals surface area contributed by atoms with E-state index < -0.39 is 5.54 Å². The van der Waals surface area contributed by atoms with Crippen LogP contribution in [0.3, 0.4) is 0 Å². The molecular formula is C14H24N2O3. The Hall–Kier alpha value is -1.10. The molecule has 1 saturated heterocycles. The summed E-state index contributed by atoms with van der Waals surface area (Å²) in [5.74, 6) is 0.175. The number of nitrogens with zero attached hydrogens (tertiary/aromatic N) is 1. The molecule has 0 aromatic rings. The highest BCUT2D eigenvalue weighted by atomic mass is 16.3. The van der Waals surface area contributed by atoms with Gasteiger partial charge < -0.3 is 15.3 Å². The minimum atomic E-state index is -0.589. The van der Waals surface area contributed by atoms with E-state index in [0.29, 0.717) is 13.0 Å². The van der Waals surface area contributed by atoms with Crippen molar-refractivity contribution in [3.05, 3.63) is 0 Å². The zero-order chi connectivity index (χ0) is 14.0. The Labute approximate surface area is 114 Å². The fraction of sp³-hybridized carbons (Fsp3) is 0.857. The van der Waals surface area contributed by atoms with Crippen LogP contribution in [-0.2, 0) is 9.59 Å². The van der Waals surface area contributed by atoms with Gasteiger partial charge in [-0.2, -0.15) is 0 Å². The van der Waals surface area contributed by atoms with Crippen molar-refractivity contribution < 1.29 is 14.7 Å². The highest BCUT2D eigenvalue weighted by Crippen LogP contribution is 2.33. The molecular weight excluding hydrogens is 244 g/mol. The summed E-state index contributed by atoms with van der Waals surface area (Å²) in [6, 6.07) is -0.342. The van der Waals surface area contributed by atoms with Gasteiger partial charge in [0.15, 0.2) is 0 Å². The molecule has 1 aliphatic heterocycles. The van der Waals surface area contributed by atoms with Gasteiger partial charge in [0, 0.05) is 12.5 Å². The van der Waals surface area contributed by atoms with Crippen LogP contribution >= 0.6 is 0 Å². The predicted octanol–water partition coefficient (Wildman–Crippen LogP) is 0.665. The van der Waals surface area contributed by atoms with Crippen LogP contribution in [0.15, 0.2) is 0 Å². The lowest BCUT2D eigenvalue weighted by molar-refractivity contribution is -0.140. The summed E-state index contributed by atoms with van der Waals surface area (Å²) in [6.07, 6.45) is 4.21. The predicted molar refractivity (Wildman–Crippen MR) is 71.4 cm³/mol. The summed E-state index contributed by atoms with van der Waals surface area (Å²) >= 11 is 0. The van der Waals surface area contributed by atoms with Crippen LogP contribution in [0.5, 0.6) is 0 Å². The number of rotatable bonds is 5. The summed E-state index contributed by atoms with van der Waals surface area (Å²) in [6.45, 7) is 4.36. The van der Waals surface area contributed by atoms with Crippen LogP contribution in [0.1, 0.15) is 46.0 Å². The average molecular weight is 268 g/mol. The van der Waals surface area contributed by atoms with E-state index in [1.165, 1.54) is 0 Å². The Morgan fingerprint density at radius 1 is 1.37 bits per heavy atom. The average Bonchev–Trinajstić information content (AvgIpc) is 3.14. The lowest BCUT2D eigenvalue weighted by Crippen LogP contribution is -2.55. The van der Waals surface area contributed by atoms with E-state index in [2.05, 4.69) is 5.32 Å². The van der Waals surface area contributed by atoms with Crippen molar-refractivity contribution in [2.45, 2.75) is 57.5 Å². The second kappa shape index (κ2) is 5.49. The number of carbonyl (C=O) groups is 2. The molecule has 2 amide bonds. The first kappa shape index (κ1) is 14.3. The Morgan fingerprint density at radius 2 is 2.05 bits per heavy atom. The molecule has 1 saturated carbocycles. The van der Waals surface area contributed by atoms with Gasteiger partial charge >= 0.3 is 0 Å². The molecule has 0 radical (unpaired) electrons. The number of aliphatic hydroxyl groups is 1. The number of amides is 2. The number of nitrogens with one attached hydrogen (secondary N) is 1. The summed E-state index contributed by atoms with van der Waals surface area (Å²) in [5, 5.41) is 12.3. The maximum Gasteiger partial charge on any atom is 0.243 e. The van der Waals surface area contributed by atoms with Crippen molar-refractivity contribution in [3.63, 3.8) is 0 Å². The number of hydrogen-bond donors (Lipinski definition) is 2. The number of hydrogen-bond acceptors (Lipinski definition) is 3. The van der Waals surface area contributed by atoms with Crippen LogP contribution < -0.4 is 5.32 Å². The van der Waals surface area contributed by atoms with Crippen molar-refractivity contribution in [3.8, 4) is 0 Å². The standard InChI is InChI=1S/C14H24N2O3/c1-3-14(2,9-17)15-12(18)11-5-4-8-16(11)13(19)10-6-7-10/h10-11,17H,3-9H2,1-2H3,(H,15,18). The van der Waals surface area contributed by atoms with Gasteiger partial charge in [-0.05, 0) is 39.0 Å². The van der Waals surface area contributed by atoms with Crippen LogP contribution in [-0.4, -0.2) is 46.6 Å².